The van der Waals surface area contributed by atoms with E-state index in [0.29, 0.717) is 17.6 Å². The average molecular weight is 285 g/mol. The van der Waals surface area contributed by atoms with E-state index in [2.05, 4.69) is 5.32 Å². The van der Waals surface area contributed by atoms with Crippen molar-refractivity contribution < 1.29 is 9.90 Å². The summed E-state index contributed by atoms with van der Waals surface area (Å²) in [5.74, 6) is 1.43. The van der Waals surface area contributed by atoms with Crippen molar-refractivity contribution in [1.82, 2.24) is 5.32 Å². The second-order valence-electron chi connectivity index (χ2n) is 4.66. The first-order valence-corrected chi connectivity index (χ1v) is 8.20. The smallest absolute Gasteiger partial charge is 0.230 e. The van der Waals surface area contributed by atoms with Gasteiger partial charge in [0.2, 0.25) is 5.91 Å². The minimum atomic E-state index is 0.0944. The van der Waals surface area contributed by atoms with Crippen LogP contribution in [0.5, 0.6) is 0 Å². The zero-order valence-corrected chi connectivity index (χ0v) is 11.9. The predicted molar refractivity (Wildman–Crippen MR) is 76.0 cm³/mol. The number of carbonyl (C=O) groups is 1. The monoisotopic (exact) mass is 285 g/mol. The van der Waals surface area contributed by atoms with Gasteiger partial charge in [0.15, 0.2) is 0 Å². The van der Waals surface area contributed by atoms with E-state index in [-0.39, 0.29) is 12.5 Å². The molecule has 0 saturated heterocycles. The Labute approximate surface area is 116 Å². The maximum absolute atomic E-state index is 11.7. The number of thioether (sulfide) groups is 1. The van der Waals surface area contributed by atoms with Crippen LogP contribution in [0.2, 0.25) is 0 Å². The topological polar surface area (TPSA) is 49.3 Å². The summed E-state index contributed by atoms with van der Waals surface area (Å²) in [4.78, 5) is 11.7. The number of amides is 1. The molecule has 0 spiro atoms. The maximum atomic E-state index is 11.7. The SMILES string of the molecule is O=C(CSc1cccs1)NCC1CCCC1CO. The minimum absolute atomic E-state index is 0.0944. The molecule has 1 aliphatic carbocycles. The summed E-state index contributed by atoms with van der Waals surface area (Å²) in [6.07, 6.45) is 3.40. The van der Waals surface area contributed by atoms with Crippen LogP contribution in [-0.4, -0.2) is 29.9 Å². The van der Waals surface area contributed by atoms with Gasteiger partial charge in [-0.2, -0.15) is 0 Å². The third-order valence-electron chi connectivity index (χ3n) is 3.45. The van der Waals surface area contributed by atoms with Gasteiger partial charge in [0.05, 0.1) is 9.96 Å². The molecular weight excluding hydrogens is 266 g/mol. The molecule has 0 aliphatic heterocycles. The fourth-order valence-corrected chi connectivity index (χ4v) is 4.02. The summed E-state index contributed by atoms with van der Waals surface area (Å²) in [5, 5.41) is 14.2. The van der Waals surface area contributed by atoms with Gasteiger partial charge < -0.3 is 10.4 Å². The standard InChI is InChI=1S/C13H19NO2S2/c15-8-11-4-1-3-10(11)7-14-12(16)9-18-13-5-2-6-17-13/h2,5-6,10-11,15H,1,3-4,7-9H2,(H,14,16). The third-order valence-corrected chi connectivity index (χ3v) is 5.58. The average Bonchev–Trinajstić information content (AvgIpc) is 3.04. The molecule has 2 rings (SSSR count). The van der Waals surface area contributed by atoms with Crippen molar-refractivity contribution in [2.24, 2.45) is 11.8 Å². The van der Waals surface area contributed by atoms with Crippen molar-refractivity contribution in [3.05, 3.63) is 17.5 Å². The Morgan fingerprint density at radius 3 is 3.06 bits per heavy atom. The summed E-state index contributed by atoms with van der Waals surface area (Å²) in [6.45, 7) is 0.972. The van der Waals surface area contributed by atoms with Gasteiger partial charge in [-0.05, 0) is 36.1 Å². The van der Waals surface area contributed by atoms with Gasteiger partial charge in [-0.25, -0.2) is 0 Å². The van der Waals surface area contributed by atoms with E-state index >= 15 is 0 Å². The molecule has 1 fully saturated rings. The van der Waals surface area contributed by atoms with Crippen molar-refractivity contribution >= 4 is 29.0 Å². The highest BCUT2D eigenvalue weighted by atomic mass is 32.2. The van der Waals surface area contributed by atoms with Gasteiger partial charge in [-0.15, -0.1) is 23.1 Å². The molecule has 2 atom stereocenters. The zero-order chi connectivity index (χ0) is 12.8. The highest BCUT2D eigenvalue weighted by Crippen LogP contribution is 2.30. The van der Waals surface area contributed by atoms with Crippen LogP contribution in [-0.2, 0) is 4.79 Å². The van der Waals surface area contributed by atoms with Gasteiger partial charge in [0.1, 0.15) is 0 Å². The van der Waals surface area contributed by atoms with Crippen LogP contribution >= 0.6 is 23.1 Å². The maximum Gasteiger partial charge on any atom is 0.230 e. The number of aliphatic hydroxyl groups excluding tert-OH is 1. The summed E-state index contributed by atoms with van der Waals surface area (Å²) >= 11 is 3.24. The molecule has 1 saturated carbocycles. The Bertz CT molecular complexity index is 367. The minimum Gasteiger partial charge on any atom is -0.396 e. The van der Waals surface area contributed by atoms with E-state index in [9.17, 15) is 9.90 Å². The summed E-state index contributed by atoms with van der Waals surface area (Å²) in [5.41, 5.74) is 0. The van der Waals surface area contributed by atoms with Crippen LogP contribution in [0.4, 0.5) is 0 Å². The van der Waals surface area contributed by atoms with Gasteiger partial charge in [-0.1, -0.05) is 12.5 Å². The summed E-state index contributed by atoms with van der Waals surface area (Å²) < 4.78 is 1.18. The fraction of sp³-hybridized carbons (Fsp3) is 0.615. The quantitative estimate of drug-likeness (QED) is 0.789. The first-order chi connectivity index (χ1) is 8.79. The molecule has 2 N–H and O–H groups in total. The number of nitrogens with one attached hydrogen (secondary N) is 1. The first kappa shape index (κ1) is 13.9. The molecule has 1 amide bonds. The molecule has 1 aliphatic rings. The molecule has 100 valence electrons. The number of hydrogen-bond donors (Lipinski definition) is 2. The number of rotatable bonds is 6. The molecule has 1 aromatic heterocycles. The number of thiophene rings is 1. The molecule has 18 heavy (non-hydrogen) atoms. The lowest BCUT2D eigenvalue weighted by atomic mass is 9.97. The Morgan fingerprint density at radius 2 is 2.33 bits per heavy atom. The van der Waals surface area contributed by atoms with Gasteiger partial charge in [0, 0.05) is 13.2 Å². The zero-order valence-electron chi connectivity index (χ0n) is 10.3. The Kier molecular flexibility index (Phi) is 5.53. The van der Waals surface area contributed by atoms with Crippen molar-refractivity contribution in [1.29, 1.82) is 0 Å². The summed E-state index contributed by atoms with van der Waals surface area (Å²) in [6, 6.07) is 4.02. The van der Waals surface area contributed by atoms with Crippen molar-refractivity contribution in [3.63, 3.8) is 0 Å². The van der Waals surface area contributed by atoms with E-state index in [1.807, 2.05) is 17.5 Å². The van der Waals surface area contributed by atoms with Crippen molar-refractivity contribution in [2.75, 3.05) is 18.9 Å². The highest BCUT2D eigenvalue weighted by Gasteiger charge is 2.26. The van der Waals surface area contributed by atoms with E-state index in [1.165, 1.54) is 10.6 Å². The van der Waals surface area contributed by atoms with E-state index in [4.69, 9.17) is 0 Å². The van der Waals surface area contributed by atoms with Crippen molar-refractivity contribution in [2.45, 2.75) is 23.5 Å². The van der Waals surface area contributed by atoms with E-state index < -0.39 is 0 Å². The largest absolute Gasteiger partial charge is 0.396 e. The van der Waals surface area contributed by atoms with Crippen LogP contribution < -0.4 is 5.32 Å². The predicted octanol–water partition coefficient (Wildman–Crippen LogP) is 2.37. The lowest BCUT2D eigenvalue weighted by Crippen LogP contribution is -2.32. The Morgan fingerprint density at radius 1 is 1.50 bits per heavy atom. The number of hydrogen-bond acceptors (Lipinski definition) is 4. The van der Waals surface area contributed by atoms with Crippen LogP contribution in [0.25, 0.3) is 0 Å². The normalized spacial score (nSPS) is 23.2. The first-order valence-electron chi connectivity index (χ1n) is 6.33. The van der Waals surface area contributed by atoms with Crippen LogP contribution in [0.1, 0.15) is 19.3 Å². The molecular formula is C13H19NO2S2. The van der Waals surface area contributed by atoms with Crippen molar-refractivity contribution in [3.8, 4) is 0 Å². The van der Waals surface area contributed by atoms with Crippen LogP contribution in [0.15, 0.2) is 21.7 Å². The summed E-state index contributed by atoms with van der Waals surface area (Å²) in [7, 11) is 0. The van der Waals surface area contributed by atoms with E-state index in [0.717, 1.165) is 19.4 Å². The van der Waals surface area contributed by atoms with E-state index in [1.54, 1.807) is 23.1 Å². The molecule has 0 radical (unpaired) electrons. The molecule has 0 aromatic carbocycles. The molecule has 1 aromatic rings. The Balaban J connectivity index is 1.65. The van der Waals surface area contributed by atoms with Gasteiger partial charge in [-0.3, -0.25) is 4.79 Å². The number of carbonyl (C=O) groups excluding carboxylic acids is 1. The second-order valence-corrected chi connectivity index (χ2v) is 6.88. The molecule has 3 nitrogen and oxygen atoms in total. The third kappa shape index (κ3) is 4.00. The molecule has 1 heterocycles. The lowest BCUT2D eigenvalue weighted by Gasteiger charge is -2.17. The molecule has 5 heteroatoms. The lowest BCUT2D eigenvalue weighted by molar-refractivity contribution is -0.118. The van der Waals surface area contributed by atoms with Gasteiger partial charge >= 0.3 is 0 Å². The fourth-order valence-electron chi connectivity index (χ4n) is 2.40. The van der Waals surface area contributed by atoms with Crippen LogP contribution in [0, 0.1) is 11.8 Å². The molecule has 0 bridgehead atoms. The Hall–Kier alpha value is -0.520. The van der Waals surface area contributed by atoms with Crippen LogP contribution in [0.3, 0.4) is 0 Å². The second kappa shape index (κ2) is 7.16. The highest BCUT2D eigenvalue weighted by molar-refractivity contribution is 8.01. The van der Waals surface area contributed by atoms with Gasteiger partial charge in [0.25, 0.3) is 0 Å². The number of aliphatic hydroxyl groups is 1. The molecule has 2 unspecified atom stereocenters.